The zero-order valence-corrected chi connectivity index (χ0v) is 7.16. The van der Waals surface area contributed by atoms with E-state index in [1.165, 1.54) is 6.42 Å². The van der Waals surface area contributed by atoms with Crippen molar-refractivity contribution in [2.75, 3.05) is 0 Å². The molecular formula is C11H16. The maximum absolute atomic E-state index is 3.83. The monoisotopic (exact) mass is 148 g/mol. The molecule has 1 aliphatic rings. The van der Waals surface area contributed by atoms with Crippen LogP contribution in [0.25, 0.3) is 0 Å². The zero-order chi connectivity index (χ0) is 8.10. The van der Waals surface area contributed by atoms with Gasteiger partial charge in [0.05, 0.1) is 0 Å². The maximum atomic E-state index is 3.83. The fourth-order valence-electron chi connectivity index (χ4n) is 1.45. The summed E-state index contributed by atoms with van der Waals surface area (Å²) < 4.78 is 0. The summed E-state index contributed by atoms with van der Waals surface area (Å²) in [5.74, 6) is 1.27. The minimum absolute atomic E-state index is 0.618. The standard InChI is InChI=1S/C11H16/c1-3-5-7-11-9-6-8-10(11)4-2/h4-7,9-11H,2-3,8H2,1H3/b7-5-/t10-,11+/m1/s1. The first-order chi connectivity index (χ1) is 5.38. The van der Waals surface area contributed by atoms with Crippen LogP contribution in [0.4, 0.5) is 0 Å². The normalized spacial score (nSPS) is 29.9. The Balaban J connectivity index is 2.49. The molecule has 0 spiro atoms. The molecule has 0 amide bonds. The summed E-state index contributed by atoms with van der Waals surface area (Å²) in [6, 6.07) is 0. The predicted molar refractivity (Wildman–Crippen MR) is 50.4 cm³/mol. The molecular weight excluding hydrogens is 132 g/mol. The Hall–Kier alpha value is -0.780. The van der Waals surface area contributed by atoms with Crippen LogP contribution >= 0.6 is 0 Å². The van der Waals surface area contributed by atoms with Crippen LogP contribution in [0, 0.1) is 11.8 Å². The van der Waals surface area contributed by atoms with Crippen LogP contribution in [-0.2, 0) is 0 Å². The van der Waals surface area contributed by atoms with E-state index in [0.717, 1.165) is 6.42 Å². The van der Waals surface area contributed by atoms with Crippen molar-refractivity contribution in [1.29, 1.82) is 0 Å². The molecule has 0 heteroatoms. The first-order valence-electron chi connectivity index (χ1n) is 4.34. The van der Waals surface area contributed by atoms with Crippen molar-refractivity contribution in [2.45, 2.75) is 19.8 Å². The smallest absolute Gasteiger partial charge is 0.00122 e. The SMILES string of the molecule is C=C[C@@H]1CC=C[C@@H]1/C=C\CC. The summed E-state index contributed by atoms with van der Waals surface area (Å²) in [5.41, 5.74) is 0. The van der Waals surface area contributed by atoms with Crippen molar-refractivity contribution < 1.29 is 0 Å². The highest BCUT2D eigenvalue weighted by atomic mass is 14.2. The van der Waals surface area contributed by atoms with E-state index in [1.807, 2.05) is 0 Å². The van der Waals surface area contributed by atoms with Gasteiger partial charge in [-0.2, -0.15) is 0 Å². The highest BCUT2D eigenvalue weighted by molar-refractivity contribution is 5.13. The van der Waals surface area contributed by atoms with Crippen LogP contribution in [0.5, 0.6) is 0 Å². The number of hydrogen-bond donors (Lipinski definition) is 0. The van der Waals surface area contributed by atoms with Gasteiger partial charge in [0.2, 0.25) is 0 Å². The minimum Gasteiger partial charge on any atom is -0.103 e. The van der Waals surface area contributed by atoms with Gasteiger partial charge in [0.1, 0.15) is 0 Å². The van der Waals surface area contributed by atoms with Crippen molar-refractivity contribution in [3.8, 4) is 0 Å². The second-order valence-corrected chi connectivity index (χ2v) is 2.98. The van der Waals surface area contributed by atoms with Crippen LogP contribution in [0.2, 0.25) is 0 Å². The van der Waals surface area contributed by atoms with E-state index in [1.54, 1.807) is 0 Å². The molecule has 0 aromatic carbocycles. The lowest BCUT2D eigenvalue weighted by molar-refractivity contribution is 0.603. The molecule has 0 aromatic rings. The van der Waals surface area contributed by atoms with Gasteiger partial charge in [0.15, 0.2) is 0 Å². The molecule has 0 aliphatic heterocycles. The minimum atomic E-state index is 0.618. The van der Waals surface area contributed by atoms with Crippen LogP contribution in [0.1, 0.15) is 19.8 Å². The largest absolute Gasteiger partial charge is 0.103 e. The quantitative estimate of drug-likeness (QED) is 0.538. The van der Waals surface area contributed by atoms with Gasteiger partial charge in [-0.25, -0.2) is 0 Å². The summed E-state index contributed by atoms with van der Waals surface area (Å²) >= 11 is 0. The molecule has 0 unspecified atom stereocenters. The van der Waals surface area contributed by atoms with E-state index in [2.05, 4.69) is 43.9 Å². The van der Waals surface area contributed by atoms with Gasteiger partial charge in [0, 0.05) is 5.92 Å². The highest BCUT2D eigenvalue weighted by Crippen LogP contribution is 2.26. The Morgan fingerprint density at radius 1 is 1.64 bits per heavy atom. The number of hydrogen-bond acceptors (Lipinski definition) is 0. The fraction of sp³-hybridized carbons (Fsp3) is 0.455. The first-order valence-corrected chi connectivity index (χ1v) is 4.34. The molecule has 11 heavy (non-hydrogen) atoms. The molecule has 0 radical (unpaired) electrons. The van der Waals surface area contributed by atoms with Gasteiger partial charge in [-0.1, -0.05) is 37.3 Å². The Bertz CT molecular complexity index is 174. The summed E-state index contributed by atoms with van der Waals surface area (Å²) in [5, 5.41) is 0. The second kappa shape index (κ2) is 4.17. The van der Waals surface area contributed by atoms with E-state index in [9.17, 15) is 0 Å². The van der Waals surface area contributed by atoms with E-state index in [-0.39, 0.29) is 0 Å². The summed E-state index contributed by atoms with van der Waals surface area (Å²) in [4.78, 5) is 0. The predicted octanol–water partition coefficient (Wildman–Crippen LogP) is 3.33. The fourth-order valence-corrected chi connectivity index (χ4v) is 1.45. The molecule has 1 rings (SSSR count). The average molecular weight is 148 g/mol. The van der Waals surface area contributed by atoms with Gasteiger partial charge in [-0.05, 0) is 18.8 Å². The summed E-state index contributed by atoms with van der Waals surface area (Å²) in [7, 11) is 0. The van der Waals surface area contributed by atoms with Crippen LogP contribution < -0.4 is 0 Å². The lowest BCUT2D eigenvalue weighted by Crippen LogP contribution is -2.00. The van der Waals surface area contributed by atoms with Crippen LogP contribution in [0.15, 0.2) is 37.0 Å². The number of allylic oxidation sites excluding steroid dienone is 5. The van der Waals surface area contributed by atoms with E-state index >= 15 is 0 Å². The van der Waals surface area contributed by atoms with Gasteiger partial charge < -0.3 is 0 Å². The van der Waals surface area contributed by atoms with E-state index < -0.39 is 0 Å². The molecule has 0 nitrogen and oxygen atoms in total. The van der Waals surface area contributed by atoms with E-state index in [0.29, 0.717) is 11.8 Å². The molecule has 0 saturated heterocycles. The Labute approximate surface area is 69.3 Å². The Morgan fingerprint density at radius 3 is 3.09 bits per heavy atom. The lowest BCUT2D eigenvalue weighted by Gasteiger charge is -2.09. The molecule has 0 aromatic heterocycles. The third-order valence-corrected chi connectivity index (χ3v) is 2.16. The summed E-state index contributed by atoms with van der Waals surface area (Å²) in [6.07, 6.45) is 13.4. The molecule has 1 aliphatic carbocycles. The molecule has 0 fully saturated rings. The molecule has 0 bridgehead atoms. The van der Waals surface area contributed by atoms with Gasteiger partial charge in [-0.15, -0.1) is 6.58 Å². The topological polar surface area (TPSA) is 0 Å². The van der Waals surface area contributed by atoms with Gasteiger partial charge in [-0.3, -0.25) is 0 Å². The Kier molecular flexibility index (Phi) is 3.15. The summed E-state index contributed by atoms with van der Waals surface area (Å²) in [6.45, 7) is 5.99. The van der Waals surface area contributed by atoms with Gasteiger partial charge >= 0.3 is 0 Å². The van der Waals surface area contributed by atoms with E-state index in [4.69, 9.17) is 0 Å². The van der Waals surface area contributed by atoms with Crippen molar-refractivity contribution in [3.05, 3.63) is 37.0 Å². The van der Waals surface area contributed by atoms with Crippen molar-refractivity contribution in [2.24, 2.45) is 11.8 Å². The number of rotatable bonds is 3. The van der Waals surface area contributed by atoms with Gasteiger partial charge in [0.25, 0.3) is 0 Å². The zero-order valence-electron chi connectivity index (χ0n) is 7.16. The molecule has 60 valence electrons. The molecule has 0 saturated carbocycles. The third-order valence-electron chi connectivity index (χ3n) is 2.16. The first kappa shape index (κ1) is 8.32. The van der Waals surface area contributed by atoms with Crippen molar-refractivity contribution in [3.63, 3.8) is 0 Å². The Morgan fingerprint density at radius 2 is 2.45 bits per heavy atom. The van der Waals surface area contributed by atoms with Crippen molar-refractivity contribution >= 4 is 0 Å². The van der Waals surface area contributed by atoms with Crippen LogP contribution in [0.3, 0.4) is 0 Å². The second-order valence-electron chi connectivity index (χ2n) is 2.98. The molecule has 0 heterocycles. The average Bonchev–Trinajstić information content (AvgIpc) is 2.47. The van der Waals surface area contributed by atoms with Crippen LogP contribution in [-0.4, -0.2) is 0 Å². The van der Waals surface area contributed by atoms with Crippen molar-refractivity contribution in [1.82, 2.24) is 0 Å². The third kappa shape index (κ3) is 2.07. The molecule has 0 N–H and O–H groups in total. The highest BCUT2D eigenvalue weighted by Gasteiger charge is 2.15. The lowest BCUT2D eigenvalue weighted by atomic mass is 9.95. The maximum Gasteiger partial charge on any atom is 0.00122 e. The molecule has 2 atom stereocenters.